The molecule has 0 saturated heterocycles. The number of allylic oxidation sites excluding steroid dienone is 1. The Balaban J connectivity index is 0.00000185. The number of hydrogen-bond donors (Lipinski definition) is 3. The van der Waals surface area contributed by atoms with Crippen LogP contribution in [0.1, 0.15) is 76.0 Å². The molecule has 16 heteroatoms. The van der Waals surface area contributed by atoms with E-state index in [0.717, 1.165) is 60.3 Å². The molecule has 0 aromatic carbocycles. The van der Waals surface area contributed by atoms with Gasteiger partial charge in [0, 0.05) is 36.9 Å². The highest BCUT2D eigenvalue weighted by Crippen LogP contribution is 2.24. The smallest absolute Gasteiger partial charge is 0.425 e. The van der Waals surface area contributed by atoms with Gasteiger partial charge in [-0.15, -0.1) is 11.3 Å². The average Bonchev–Trinajstić information content (AvgIpc) is 3.72. The lowest BCUT2D eigenvalue weighted by Gasteiger charge is -2.18. The average molecular weight is 662 g/mol. The summed E-state index contributed by atoms with van der Waals surface area (Å²) in [7, 11) is 0. The first-order valence-corrected chi connectivity index (χ1v) is 15.5. The molecule has 0 spiro atoms. The number of rotatable bonds is 9. The third kappa shape index (κ3) is 10.2. The highest BCUT2D eigenvalue weighted by atomic mass is 32.1. The summed E-state index contributed by atoms with van der Waals surface area (Å²) in [5.74, 6) is -3.39. The number of aliphatic hydroxyl groups is 1. The van der Waals surface area contributed by atoms with Crippen LogP contribution in [-0.4, -0.2) is 68.0 Å². The van der Waals surface area contributed by atoms with E-state index in [9.17, 15) is 23.2 Å². The van der Waals surface area contributed by atoms with Gasteiger partial charge in [0.25, 0.3) is 5.91 Å². The van der Waals surface area contributed by atoms with Crippen LogP contribution in [0.4, 0.5) is 13.6 Å². The highest BCUT2D eigenvalue weighted by Gasteiger charge is 2.21. The molecule has 13 nitrogen and oxygen atoms in total. The molecule has 248 valence electrons. The summed E-state index contributed by atoms with van der Waals surface area (Å²) < 4.78 is 39.3. The number of carbonyl (C=O) groups excluding carboxylic acids is 3. The number of hydrogen-bond acceptors (Lipinski definition) is 12. The van der Waals surface area contributed by atoms with Crippen molar-refractivity contribution in [3.63, 3.8) is 0 Å². The molecule has 1 aliphatic carbocycles. The van der Waals surface area contributed by atoms with Crippen molar-refractivity contribution in [3.05, 3.63) is 58.8 Å². The maximum absolute atomic E-state index is 14.5. The Bertz CT molecular complexity index is 1570. The third-order valence-corrected chi connectivity index (χ3v) is 7.26. The fraction of sp³-hybridized carbons (Fsp3) is 0.433. The Morgan fingerprint density at radius 2 is 1.87 bits per heavy atom. The van der Waals surface area contributed by atoms with Gasteiger partial charge >= 0.3 is 12.1 Å². The first kappa shape index (κ1) is 35.9. The van der Waals surface area contributed by atoms with E-state index in [1.807, 2.05) is 0 Å². The number of aliphatic imine (C=N–C) groups is 1. The van der Waals surface area contributed by atoms with Crippen molar-refractivity contribution >= 4 is 41.2 Å². The molecule has 1 saturated carbocycles. The number of aromatic nitrogens is 4. The number of esters is 1. The predicted octanol–water partition coefficient (Wildman–Crippen LogP) is 4.67. The van der Waals surface area contributed by atoms with Crippen molar-refractivity contribution in [3.8, 4) is 10.6 Å². The van der Waals surface area contributed by atoms with Crippen LogP contribution in [0.25, 0.3) is 16.3 Å². The number of nitrogens with zero attached hydrogens (tertiary/aromatic N) is 5. The molecule has 1 aliphatic rings. The molecule has 3 aromatic rings. The molecule has 0 bridgehead atoms. The molecule has 3 aromatic heterocycles. The van der Waals surface area contributed by atoms with Crippen molar-refractivity contribution in [1.29, 1.82) is 0 Å². The topological polar surface area (TPSA) is 184 Å². The number of amides is 1. The first-order valence-electron chi connectivity index (χ1n) is 14.6. The van der Waals surface area contributed by atoms with E-state index < -0.39 is 41.7 Å². The summed E-state index contributed by atoms with van der Waals surface area (Å²) >= 11 is 1.10. The largest absolute Gasteiger partial charge is 0.437 e. The molecule has 1 amide bonds. The number of pyridine rings is 1. The molecule has 0 aliphatic heterocycles. The number of aliphatic hydroxyl groups excluding tert-OH is 1. The zero-order valence-electron chi connectivity index (χ0n) is 25.9. The van der Waals surface area contributed by atoms with E-state index in [-0.39, 0.29) is 35.7 Å². The highest BCUT2D eigenvalue weighted by molar-refractivity contribution is 7.13. The van der Waals surface area contributed by atoms with E-state index in [4.69, 9.17) is 20.3 Å². The van der Waals surface area contributed by atoms with Gasteiger partial charge in [0.15, 0.2) is 5.82 Å². The summed E-state index contributed by atoms with van der Waals surface area (Å²) in [5.41, 5.74) is 5.75. The Morgan fingerprint density at radius 1 is 1.17 bits per heavy atom. The molecular weight excluding hydrogens is 624 g/mol. The summed E-state index contributed by atoms with van der Waals surface area (Å²) in [6, 6.07) is 1.77. The SMILES string of the molecule is CC(OC(=O)C(C)C)OC(=O)n1cc(-c2nc(C(=O)N/C(C=NC3CCCCC3)=C(/N)c3nc(F)ccc3F)cs2)cn1.CCO. The van der Waals surface area contributed by atoms with Crippen molar-refractivity contribution in [2.75, 3.05) is 6.61 Å². The number of halogens is 2. The minimum absolute atomic E-state index is 0.00594. The summed E-state index contributed by atoms with van der Waals surface area (Å²) in [6.07, 6.45) is 6.91. The quantitative estimate of drug-likeness (QED) is 0.126. The van der Waals surface area contributed by atoms with Crippen molar-refractivity contribution in [2.45, 2.75) is 72.1 Å². The van der Waals surface area contributed by atoms with Crippen LogP contribution in [0.15, 0.2) is 40.6 Å². The van der Waals surface area contributed by atoms with Crippen LogP contribution in [-0.2, 0) is 14.3 Å². The van der Waals surface area contributed by atoms with Crippen LogP contribution in [0, 0.1) is 17.7 Å². The summed E-state index contributed by atoms with van der Waals surface area (Å²) in [4.78, 5) is 49.7. The standard InChI is InChI=1S/C28H31F2N7O5S.C2H6O/c1-15(2)27(39)41-16(3)42-28(40)37-13-17(11-33-37)26-35-21(14-43-26)25(38)34-20(12-32-18-7-5-4-6-8-18)23(31)24-19(29)9-10-22(30)36-24;1-2-3/h9-16,18H,4-8,31H2,1-3H3,(H,34,38);3H,2H2,1H3/b23-20+,32-12?;. The number of nitrogens with two attached hydrogens (primary N) is 1. The van der Waals surface area contributed by atoms with E-state index >= 15 is 0 Å². The van der Waals surface area contributed by atoms with Gasteiger partial charge in [0.05, 0.1) is 29.6 Å². The second kappa shape index (κ2) is 17.2. The zero-order chi connectivity index (χ0) is 33.8. The van der Waals surface area contributed by atoms with Gasteiger partial charge in [-0.1, -0.05) is 33.1 Å². The Labute approximate surface area is 268 Å². The molecule has 3 heterocycles. The van der Waals surface area contributed by atoms with Crippen LogP contribution in [0.5, 0.6) is 0 Å². The lowest BCUT2D eigenvalue weighted by atomic mass is 9.96. The fourth-order valence-electron chi connectivity index (χ4n) is 4.06. The van der Waals surface area contributed by atoms with Crippen LogP contribution < -0.4 is 11.1 Å². The fourth-order valence-corrected chi connectivity index (χ4v) is 4.84. The van der Waals surface area contributed by atoms with E-state index in [1.165, 1.54) is 30.9 Å². The summed E-state index contributed by atoms with van der Waals surface area (Å²) in [6.45, 7) is 6.64. The normalized spacial score (nSPS) is 14.7. The monoisotopic (exact) mass is 661 g/mol. The molecule has 0 radical (unpaired) electrons. The van der Waals surface area contributed by atoms with E-state index in [0.29, 0.717) is 10.6 Å². The number of ether oxygens (including phenoxy) is 2. The van der Waals surface area contributed by atoms with Crippen molar-refractivity contribution < 1.29 is 37.7 Å². The van der Waals surface area contributed by atoms with Gasteiger partial charge in [0.1, 0.15) is 16.4 Å². The van der Waals surface area contributed by atoms with Crippen molar-refractivity contribution in [1.82, 2.24) is 25.1 Å². The van der Waals surface area contributed by atoms with E-state index in [1.54, 1.807) is 20.8 Å². The van der Waals surface area contributed by atoms with Gasteiger partial charge < -0.3 is 25.6 Å². The van der Waals surface area contributed by atoms with Crippen LogP contribution >= 0.6 is 11.3 Å². The number of nitrogens with one attached hydrogen (secondary N) is 1. The Kier molecular flexibility index (Phi) is 13.4. The second-order valence-electron chi connectivity index (χ2n) is 10.4. The molecular formula is C30H37F2N7O6S. The van der Waals surface area contributed by atoms with Crippen LogP contribution in [0.3, 0.4) is 0 Å². The van der Waals surface area contributed by atoms with Gasteiger partial charge in [-0.3, -0.25) is 14.6 Å². The maximum atomic E-state index is 14.5. The van der Waals surface area contributed by atoms with Crippen molar-refractivity contribution in [2.24, 2.45) is 16.6 Å². The Morgan fingerprint density at radius 3 is 2.54 bits per heavy atom. The van der Waals surface area contributed by atoms with Gasteiger partial charge in [-0.25, -0.2) is 19.2 Å². The Hall–Kier alpha value is -4.57. The second-order valence-corrected chi connectivity index (χ2v) is 11.2. The maximum Gasteiger partial charge on any atom is 0.437 e. The lowest BCUT2D eigenvalue weighted by molar-refractivity contribution is -0.168. The van der Waals surface area contributed by atoms with Gasteiger partial charge in [-0.2, -0.15) is 14.2 Å². The minimum Gasteiger partial charge on any atom is -0.425 e. The molecule has 46 heavy (non-hydrogen) atoms. The molecule has 4 rings (SSSR count). The predicted molar refractivity (Wildman–Crippen MR) is 166 cm³/mol. The van der Waals surface area contributed by atoms with Crippen LogP contribution in [0.2, 0.25) is 0 Å². The van der Waals surface area contributed by atoms with E-state index in [2.05, 4.69) is 25.4 Å². The minimum atomic E-state index is -1.13. The first-order chi connectivity index (χ1) is 21.9. The lowest BCUT2D eigenvalue weighted by Crippen LogP contribution is -2.27. The number of thiazole rings is 1. The third-order valence-electron chi connectivity index (χ3n) is 6.37. The molecule has 4 N–H and O–H groups in total. The molecule has 1 unspecified atom stereocenters. The van der Waals surface area contributed by atoms with Gasteiger partial charge in [0.2, 0.25) is 12.2 Å². The molecule has 1 fully saturated rings. The number of carbonyl (C=O) groups is 3. The van der Waals surface area contributed by atoms with Gasteiger partial charge in [-0.05, 0) is 31.9 Å². The summed E-state index contributed by atoms with van der Waals surface area (Å²) in [5, 5.41) is 16.0. The molecule has 1 atom stereocenters. The zero-order valence-corrected chi connectivity index (χ0v) is 26.7.